The number of methoxy groups -OCH3 is 1. The van der Waals surface area contributed by atoms with Gasteiger partial charge in [0.25, 0.3) is 5.91 Å². The Bertz CT molecular complexity index is 1310. The Morgan fingerprint density at radius 1 is 1.06 bits per heavy atom. The summed E-state index contributed by atoms with van der Waals surface area (Å²) in [4.78, 5) is 39.5. The molecule has 1 fully saturated rings. The molecule has 0 radical (unpaired) electrons. The van der Waals surface area contributed by atoms with E-state index in [0.29, 0.717) is 24.0 Å². The average molecular weight is 447 g/mol. The van der Waals surface area contributed by atoms with E-state index in [0.717, 1.165) is 36.0 Å². The van der Waals surface area contributed by atoms with Crippen molar-refractivity contribution in [2.24, 2.45) is 0 Å². The zero-order valence-corrected chi connectivity index (χ0v) is 18.8. The molecule has 170 valence electrons. The maximum absolute atomic E-state index is 13.3. The van der Waals surface area contributed by atoms with E-state index in [4.69, 9.17) is 9.15 Å². The van der Waals surface area contributed by atoms with Crippen LogP contribution in [0.25, 0.3) is 11.0 Å². The van der Waals surface area contributed by atoms with E-state index in [-0.39, 0.29) is 12.5 Å². The lowest BCUT2D eigenvalue weighted by Gasteiger charge is -2.22. The Kier molecular flexibility index (Phi) is 5.19. The molecular weight excluding hydrogens is 420 g/mol. The third-order valence-corrected chi connectivity index (χ3v) is 6.79. The van der Waals surface area contributed by atoms with Crippen LogP contribution in [0.2, 0.25) is 0 Å². The maximum Gasteiger partial charge on any atom is 0.336 e. The Labute approximate surface area is 191 Å². The van der Waals surface area contributed by atoms with Crippen LogP contribution < -0.4 is 15.7 Å². The quantitative estimate of drug-likeness (QED) is 0.460. The number of urea groups is 1. The van der Waals surface area contributed by atoms with Gasteiger partial charge in [0.2, 0.25) is 0 Å². The van der Waals surface area contributed by atoms with Gasteiger partial charge in [0.1, 0.15) is 16.9 Å². The van der Waals surface area contributed by atoms with E-state index in [2.05, 4.69) is 5.32 Å². The van der Waals surface area contributed by atoms with Gasteiger partial charge in [-0.05, 0) is 85.5 Å². The van der Waals surface area contributed by atoms with Crippen LogP contribution >= 0.6 is 0 Å². The Morgan fingerprint density at radius 2 is 1.79 bits per heavy atom. The second kappa shape index (κ2) is 8.06. The third-order valence-electron chi connectivity index (χ3n) is 6.79. The van der Waals surface area contributed by atoms with Gasteiger partial charge < -0.3 is 14.5 Å². The highest BCUT2D eigenvalue weighted by atomic mass is 16.5. The van der Waals surface area contributed by atoms with Gasteiger partial charge in [0, 0.05) is 11.5 Å². The summed E-state index contributed by atoms with van der Waals surface area (Å²) >= 11 is 0. The third kappa shape index (κ3) is 3.88. The van der Waals surface area contributed by atoms with Crippen molar-refractivity contribution >= 4 is 22.9 Å². The number of ether oxygens (including phenoxy) is 1. The lowest BCUT2D eigenvalue weighted by atomic mass is 9.93. The molecule has 0 spiro atoms. The number of carbonyl (C=O) groups is 2. The highest BCUT2D eigenvalue weighted by Crippen LogP contribution is 2.31. The van der Waals surface area contributed by atoms with Crippen LogP contribution in [0.4, 0.5) is 4.79 Å². The van der Waals surface area contributed by atoms with Crippen LogP contribution in [0.3, 0.4) is 0 Å². The number of fused-ring (bicyclic) bond motifs is 2. The van der Waals surface area contributed by atoms with Crippen molar-refractivity contribution in [1.29, 1.82) is 0 Å². The highest BCUT2D eigenvalue weighted by Gasteiger charge is 2.47. The van der Waals surface area contributed by atoms with Crippen LogP contribution in [-0.4, -0.2) is 29.5 Å². The fourth-order valence-electron chi connectivity index (χ4n) is 4.84. The van der Waals surface area contributed by atoms with E-state index >= 15 is 0 Å². The van der Waals surface area contributed by atoms with Crippen molar-refractivity contribution in [2.45, 2.75) is 51.1 Å². The zero-order chi connectivity index (χ0) is 23.2. The summed E-state index contributed by atoms with van der Waals surface area (Å²) in [6, 6.07) is 12.6. The minimum absolute atomic E-state index is 0.0314. The minimum Gasteiger partial charge on any atom is -0.497 e. The van der Waals surface area contributed by atoms with Gasteiger partial charge in [-0.1, -0.05) is 12.1 Å². The smallest absolute Gasteiger partial charge is 0.336 e. The zero-order valence-electron chi connectivity index (χ0n) is 18.8. The number of aryl methyl sites for hydroxylation is 3. The van der Waals surface area contributed by atoms with Gasteiger partial charge in [-0.2, -0.15) is 0 Å². The molecule has 1 aliphatic carbocycles. The minimum atomic E-state index is -1.01. The van der Waals surface area contributed by atoms with Crippen LogP contribution in [-0.2, 0) is 30.6 Å². The molecule has 3 amide bonds. The van der Waals surface area contributed by atoms with Gasteiger partial charge in [0.15, 0.2) is 0 Å². The number of benzene rings is 2. The maximum atomic E-state index is 13.3. The Morgan fingerprint density at radius 3 is 2.52 bits per heavy atom. The van der Waals surface area contributed by atoms with Crippen LogP contribution in [0.1, 0.15) is 42.0 Å². The molecule has 0 unspecified atom stereocenters. The molecule has 2 heterocycles. The molecule has 7 heteroatoms. The summed E-state index contributed by atoms with van der Waals surface area (Å²) in [7, 11) is 1.62. The molecule has 0 saturated carbocycles. The predicted octanol–water partition coefficient (Wildman–Crippen LogP) is 3.73. The van der Waals surface area contributed by atoms with Gasteiger partial charge in [-0.3, -0.25) is 9.69 Å². The second-order valence-corrected chi connectivity index (χ2v) is 9.06. The van der Waals surface area contributed by atoms with E-state index in [9.17, 15) is 14.4 Å². The monoisotopic (exact) mass is 446 g/mol. The van der Waals surface area contributed by atoms with Crippen molar-refractivity contribution in [1.82, 2.24) is 10.2 Å². The molecule has 7 nitrogen and oxygen atoms in total. The summed E-state index contributed by atoms with van der Waals surface area (Å²) in [5, 5.41) is 3.64. The number of hydrogen-bond acceptors (Lipinski definition) is 5. The lowest BCUT2D eigenvalue weighted by Crippen LogP contribution is -2.44. The summed E-state index contributed by atoms with van der Waals surface area (Å²) in [6.07, 6.45) is 4.12. The summed E-state index contributed by atoms with van der Waals surface area (Å²) in [5.74, 6) is 0.482. The molecule has 1 N–H and O–H groups in total. The van der Waals surface area contributed by atoms with Crippen LogP contribution in [0.5, 0.6) is 5.75 Å². The lowest BCUT2D eigenvalue weighted by molar-refractivity contribution is -0.131. The van der Waals surface area contributed by atoms with Gasteiger partial charge in [0.05, 0.1) is 13.7 Å². The largest absolute Gasteiger partial charge is 0.497 e. The fraction of sp³-hybridized carbons (Fsp3) is 0.346. The number of imide groups is 1. The Balaban J connectivity index is 1.38. The van der Waals surface area contributed by atoms with Crippen LogP contribution in [0, 0.1) is 0 Å². The Hall–Kier alpha value is -3.61. The fourth-order valence-corrected chi connectivity index (χ4v) is 4.84. The first kappa shape index (κ1) is 21.2. The summed E-state index contributed by atoms with van der Waals surface area (Å²) in [6.45, 7) is 1.78. The SMILES string of the molecule is COc1ccc(CC[C@]2(C)NC(=O)N(Cc3cc(=O)oc4cc5c(cc34)CCC5)C2=O)cc1. The molecule has 1 aromatic heterocycles. The first-order valence-corrected chi connectivity index (χ1v) is 11.2. The molecule has 2 aromatic carbocycles. The number of nitrogens with zero attached hydrogens (tertiary/aromatic N) is 1. The van der Waals surface area contributed by atoms with E-state index < -0.39 is 17.2 Å². The van der Waals surface area contributed by atoms with Gasteiger partial charge >= 0.3 is 11.7 Å². The van der Waals surface area contributed by atoms with Crippen molar-refractivity contribution < 1.29 is 18.7 Å². The number of carbonyl (C=O) groups excluding carboxylic acids is 2. The second-order valence-electron chi connectivity index (χ2n) is 9.06. The standard InChI is InChI=1S/C26H26N2O5/c1-26(11-10-16-6-8-20(32-2)9-7-16)24(30)28(25(31)27-26)15-19-14-23(29)33-22-13-18-5-3-4-17(18)12-21(19)22/h6-9,12-14H,3-5,10-11,15H2,1-2H3,(H,27,31)/t26-/m0/s1. The molecule has 5 rings (SSSR count). The van der Waals surface area contributed by atoms with Gasteiger partial charge in [-0.25, -0.2) is 9.59 Å². The first-order chi connectivity index (χ1) is 15.9. The van der Waals surface area contributed by atoms with E-state index in [1.54, 1.807) is 14.0 Å². The first-order valence-electron chi connectivity index (χ1n) is 11.2. The van der Waals surface area contributed by atoms with Crippen molar-refractivity contribution in [3.8, 4) is 5.75 Å². The molecule has 1 saturated heterocycles. The van der Waals surface area contributed by atoms with Crippen molar-refractivity contribution in [3.63, 3.8) is 0 Å². The topological polar surface area (TPSA) is 88.8 Å². The summed E-state index contributed by atoms with van der Waals surface area (Å²) < 4.78 is 10.6. The molecule has 33 heavy (non-hydrogen) atoms. The molecular formula is C26H26N2O5. The molecule has 1 aliphatic heterocycles. The molecule has 3 aromatic rings. The highest BCUT2D eigenvalue weighted by molar-refractivity contribution is 6.07. The van der Waals surface area contributed by atoms with E-state index in [1.807, 2.05) is 36.4 Å². The summed E-state index contributed by atoms with van der Waals surface area (Å²) in [5.41, 5.74) is 3.13. The van der Waals surface area contributed by atoms with E-state index in [1.165, 1.54) is 22.1 Å². The molecule has 0 bridgehead atoms. The van der Waals surface area contributed by atoms with Crippen molar-refractivity contribution in [3.05, 3.63) is 75.1 Å². The van der Waals surface area contributed by atoms with Gasteiger partial charge in [-0.15, -0.1) is 0 Å². The molecule has 1 atom stereocenters. The average Bonchev–Trinajstić information content (AvgIpc) is 3.34. The number of hydrogen-bond donors (Lipinski definition) is 1. The van der Waals surface area contributed by atoms with Crippen molar-refractivity contribution in [2.75, 3.05) is 7.11 Å². The number of rotatable bonds is 6. The predicted molar refractivity (Wildman–Crippen MR) is 123 cm³/mol. The number of nitrogens with one attached hydrogen (secondary N) is 1. The number of amides is 3. The van der Waals surface area contributed by atoms with Crippen LogP contribution in [0.15, 0.2) is 51.7 Å². The normalized spacial score (nSPS) is 19.8. The molecule has 2 aliphatic rings.